The number of aromatic nitrogens is 5. The van der Waals surface area contributed by atoms with Gasteiger partial charge in [0.25, 0.3) is 0 Å². The van der Waals surface area contributed by atoms with Crippen molar-refractivity contribution in [2.75, 3.05) is 0 Å². The molecule has 0 atom stereocenters. The SMILES string of the molecule is N#Cc1ccc(-c2cc(-n3c4ccccc4c4ccccc43)ccc2-c2nc(-c3ccccc3)nc(-c3ccc(-n4c5ccccc5c5ccccc54)cc3C#N)n2)cc1. The van der Waals surface area contributed by atoms with E-state index in [1.807, 2.05) is 84.9 Å². The molecule has 0 spiro atoms. The molecule has 3 aromatic heterocycles. The van der Waals surface area contributed by atoms with Gasteiger partial charge in [0.05, 0.1) is 45.3 Å². The van der Waals surface area contributed by atoms with Crippen LogP contribution in [-0.4, -0.2) is 24.1 Å². The zero-order chi connectivity index (χ0) is 40.2. The van der Waals surface area contributed by atoms with E-state index < -0.39 is 0 Å². The van der Waals surface area contributed by atoms with Crippen LogP contribution in [0.25, 0.3) is 100 Å². The number of rotatable bonds is 6. The molecule has 278 valence electrons. The third-order valence-corrected chi connectivity index (χ3v) is 11.3. The molecular weight excluding hydrogens is 735 g/mol. The van der Waals surface area contributed by atoms with Crippen LogP contribution in [0.15, 0.2) is 188 Å². The van der Waals surface area contributed by atoms with Crippen LogP contribution in [0.1, 0.15) is 11.1 Å². The van der Waals surface area contributed by atoms with Crippen molar-refractivity contribution >= 4 is 43.6 Å². The van der Waals surface area contributed by atoms with Crippen LogP contribution < -0.4 is 0 Å². The molecule has 0 bridgehead atoms. The second-order valence-electron chi connectivity index (χ2n) is 14.7. The van der Waals surface area contributed by atoms with Gasteiger partial charge in [0, 0.05) is 49.6 Å². The van der Waals surface area contributed by atoms with Gasteiger partial charge in [0.2, 0.25) is 0 Å². The molecule has 0 amide bonds. The van der Waals surface area contributed by atoms with Crippen LogP contribution >= 0.6 is 0 Å². The Morgan fingerprint density at radius 2 is 0.800 bits per heavy atom. The number of hydrogen-bond acceptors (Lipinski definition) is 5. The van der Waals surface area contributed by atoms with E-state index in [9.17, 15) is 10.5 Å². The topological polar surface area (TPSA) is 96.1 Å². The molecule has 0 saturated heterocycles. The third kappa shape index (κ3) is 5.61. The second kappa shape index (κ2) is 14.1. The molecule has 0 unspecified atom stereocenters. The fourth-order valence-electron chi connectivity index (χ4n) is 8.52. The van der Waals surface area contributed by atoms with Crippen molar-refractivity contribution in [2.45, 2.75) is 0 Å². The Labute approximate surface area is 345 Å². The lowest BCUT2D eigenvalue weighted by molar-refractivity contribution is 1.07. The summed E-state index contributed by atoms with van der Waals surface area (Å²) in [6.45, 7) is 0. The minimum Gasteiger partial charge on any atom is -0.309 e. The van der Waals surface area contributed by atoms with E-state index in [0.717, 1.165) is 66.5 Å². The van der Waals surface area contributed by atoms with Crippen molar-refractivity contribution in [3.63, 3.8) is 0 Å². The maximum Gasteiger partial charge on any atom is 0.165 e. The molecule has 7 nitrogen and oxygen atoms in total. The standard InChI is InChI=1S/C53H31N7/c54-32-34-22-24-35(25-23-34)46-31-39(60-49-20-10-6-16-43(49)44-17-7-11-21-50(44)60)27-29-45(46)53-57-51(36-12-2-1-3-13-36)56-52(58-53)40-28-26-38(30-37(40)33-55)59-47-18-8-4-14-41(47)42-15-5-9-19-48(42)59/h1-31H. The average Bonchev–Trinajstić information content (AvgIpc) is 3.84. The summed E-state index contributed by atoms with van der Waals surface area (Å²) in [5, 5.41) is 25.1. The normalized spacial score (nSPS) is 11.3. The lowest BCUT2D eigenvalue weighted by Gasteiger charge is -2.16. The van der Waals surface area contributed by atoms with Gasteiger partial charge in [-0.05, 0) is 83.9 Å². The van der Waals surface area contributed by atoms with Crippen LogP contribution in [0, 0.1) is 22.7 Å². The average molecular weight is 766 g/mol. The minimum atomic E-state index is 0.390. The zero-order valence-corrected chi connectivity index (χ0v) is 32.0. The highest BCUT2D eigenvalue weighted by Crippen LogP contribution is 2.39. The predicted octanol–water partition coefficient (Wildman–Crippen LogP) is 12.5. The molecule has 7 heteroatoms. The first-order chi connectivity index (χ1) is 29.7. The third-order valence-electron chi connectivity index (χ3n) is 11.3. The minimum absolute atomic E-state index is 0.390. The van der Waals surface area contributed by atoms with Gasteiger partial charge in [-0.2, -0.15) is 10.5 Å². The summed E-state index contributed by atoms with van der Waals surface area (Å²) in [4.78, 5) is 15.3. The number of hydrogen-bond donors (Lipinski definition) is 0. The van der Waals surface area contributed by atoms with E-state index in [-0.39, 0.29) is 0 Å². The molecule has 0 N–H and O–H groups in total. The van der Waals surface area contributed by atoms with E-state index in [1.165, 1.54) is 10.8 Å². The van der Waals surface area contributed by atoms with Gasteiger partial charge in [-0.25, -0.2) is 15.0 Å². The number of nitriles is 2. The molecule has 0 fully saturated rings. The first-order valence-electron chi connectivity index (χ1n) is 19.6. The van der Waals surface area contributed by atoms with Gasteiger partial charge in [-0.1, -0.05) is 115 Å². The monoisotopic (exact) mass is 765 g/mol. The van der Waals surface area contributed by atoms with Gasteiger partial charge in [-0.3, -0.25) is 0 Å². The molecule has 0 aliphatic heterocycles. The van der Waals surface area contributed by atoms with Crippen molar-refractivity contribution in [2.24, 2.45) is 0 Å². The maximum absolute atomic E-state index is 10.8. The summed E-state index contributed by atoms with van der Waals surface area (Å²) in [5.41, 5.74) is 11.2. The lowest BCUT2D eigenvalue weighted by atomic mass is 9.97. The van der Waals surface area contributed by atoms with Crippen LogP contribution in [0.4, 0.5) is 0 Å². The molecule has 11 rings (SSSR count). The van der Waals surface area contributed by atoms with Gasteiger partial charge in [-0.15, -0.1) is 0 Å². The highest BCUT2D eigenvalue weighted by molar-refractivity contribution is 6.10. The summed E-state index contributed by atoms with van der Waals surface area (Å²) in [6, 6.07) is 67.9. The van der Waals surface area contributed by atoms with Crippen LogP contribution in [-0.2, 0) is 0 Å². The Morgan fingerprint density at radius 3 is 1.32 bits per heavy atom. The van der Waals surface area contributed by atoms with Crippen molar-refractivity contribution in [1.82, 2.24) is 24.1 Å². The first-order valence-corrected chi connectivity index (χ1v) is 19.6. The first kappa shape index (κ1) is 34.6. The molecule has 0 aliphatic rings. The van der Waals surface area contributed by atoms with E-state index >= 15 is 0 Å². The maximum atomic E-state index is 10.8. The van der Waals surface area contributed by atoms with E-state index in [1.54, 1.807) is 0 Å². The van der Waals surface area contributed by atoms with E-state index in [2.05, 4.69) is 124 Å². The van der Waals surface area contributed by atoms with Crippen molar-refractivity contribution in [1.29, 1.82) is 10.5 Å². The van der Waals surface area contributed by atoms with Gasteiger partial charge in [0.1, 0.15) is 0 Å². The summed E-state index contributed by atoms with van der Waals surface area (Å²) in [6.07, 6.45) is 0. The molecular formula is C53H31N7. The number of nitrogens with zero attached hydrogens (tertiary/aromatic N) is 7. The molecule has 0 saturated carbocycles. The Kier molecular flexibility index (Phi) is 8.11. The van der Waals surface area contributed by atoms with E-state index in [4.69, 9.17) is 15.0 Å². The van der Waals surface area contributed by atoms with Crippen molar-refractivity contribution in [3.8, 4) is 68.8 Å². The predicted molar refractivity (Wildman–Crippen MR) is 240 cm³/mol. The molecule has 0 aliphatic carbocycles. The molecule has 0 radical (unpaired) electrons. The van der Waals surface area contributed by atoms with E-state index in [0.29, 0.717) is 34.2 Å². The van der Waals surface area contributed by atoms with Crippen molar-refractivity contribution in [3.05, 3.63) is 199 Å². The zero-order valence-electron chi connectivity index (χ0n) is 32.0. The Morgan fingerprint density at radius 1 is 0.350 bits per heavy atom. The molecule has 60 heavy (non-hydrogen) atoms. The number of para-hydroxylation sites is 4. The molecule has 3 heterocycles. The summed E-state index contributed by atoms with van der Waals surface area (Å²) < 4.78 is 4.49. The molecule has 11 aromatic rings. The quantitative estimate of drug-likeness (QED) is 0.168. The summed E-state index contributed by atoms with van der Waals surface area (Å²) in [5.74, 6) is 1.34. The van der Waals surface area contributed by atoms with Crippen LogP contribution in [0.5, 0.6) is 0 Å². The van der Waals surface area contributed by atoms with Gasteiger partial charge >= 0.3 is 0 Å². The Balaban J connectivity index is 1.13. The van der Waals surface area contributed by atoms with Gasteiger partial charge in [0.15, 0.2) is 17.5 Å². The highest BCUT2D eigenvalue weighted by atomic mass is 15.0. The fraction of sp³-hybridized carbons (Fsp3) is 0. The van der Waals surface area contributed by atoms with Crippen LogP contribution in [0.3, 0.4) is 0 Å². The fourth-order valence-corrected chi connectivity index (χ4v) is 8.52. The highest BCUT2D eigenvalue weighted by Gasteiger charge is 2.21. The number of benzene rings is 8. The smallest absolute Gasteiger partial charge is 0.165 e. The largest absolute Gasteiger partial charge is 0.309 e. The summed E-state index contributed by atoms with van der Waals surface area (Å²) >= 11 is 0. The van der Waals surface area contributed by atoms with Crippen molar-refractivity contribution < 1.29 is 0 Å². The second-order valence-corrected chi connectivity index (χ2v) is 14.7. The van der Waals surface area contributed by atoms with Gasteiger partial charge < -0.3 is 9.13 Å². The van der Waals surface area contributed by atoms with Crippen LogP contribution in [0.2, 0.25) is 0 Å². The summed E-state index contributed by atoms with van der Waals surface area (Å²) in [7, 11) is 0. The molecule has 8 aromatic carbocycles. The number of fused-ring (bicyclic) bond motifs is 6. The Hall–Kier alpha value is -8.65. The lowest BCUT2D eigenvalue weighted by Crippen LogP contribution is -2.03. The Bertz CT molecular complexity index is 3460.